The van der Waals surface area contributed by atoms with Crippen LogP contribution < -0.4 is 10.6 Å². The van der Waals surface area contributed by atoms with E-state index in [-0.39, 0.29) is 17.4 Å². The summed E-state index contributed by atoms with van der Waals surface area (Å²) in [6.45, 7) is 7.51. The average molecular weight is 228 g/mol. The number of aliphatic hydroxyl groups excluding tert-OH is 1. The van der Waals surface area contributed by atoms with Gasteiger partial charge < -0.3 is 15.7 Å². The van der Waals surface area contributed by atoms with Gasteiger partial charge in [-0.25, -0.2) is 0 Å². The molecule has 3 N–H and O–H groups in total. The Kier molecular flexibility index (Phi) is 4.74. The largest absolute Gasteiger partial charge is 0.391 e. The topological polar surface area (TPSA) is 61.4 Å². The second-order valence-corrected chi connectivity index (χ2v) is 5.81. The Labute approximate surface area is 97.8 Å². The molecule has 1 saturated heterocycles. The lowest BCUT2D eigenvalue weighted by atomic mass is 9.89. The Morgan fingerprint density at radius 3 is 2.75 bits per heavy atom. The van der Waals surface area contributed by atoms with Crippen LogP contribution in [0, 0.1) is 5.41 Å². The highest BCUT2D eigenvalue weighted by Crippen LogP contribution is 2.20. The molecule has 0 saturated carbocycles. The van der Waals surface area contributed by atoms with Gasteiger partial charge in [0.1, 0.15) is 0 Å². The molecule has 1 fully saturated rings. The van der Waals surface area contributed by atoms with E-state index in [9.17, 15) is 9.90 Å². The summed E-state index contributed by atoms with van der Waals surface area (Å²) < 4.78 is 0. The fourth-order valence-electron chi connectivity index (χ4n) is 2.03. The SMILES string of the molecule is CC(C)(C)CC(O)CNC(=O)C1CCCN1. The summed E-state index contributed by atoms with van der Waals surface area (Å²) in [5.41, 5.74) is 0.0930. The Balaban J connectivity index is 2.20. The third-order valence-corrected chi connectivity index (χ3v) is 2.74. The standard InChI is InChI=1S/C12H24N2O2/c1-12(2,3)7-9(15)8-14-11(16)10-5-4-6-13-10/h9-10,13,15H,4-8H2,1-3H3,(H,14,16). The van der Waals surface area contributed by atoms with Crippen molar-refractivity contribution in [2.24, 2.45) is 5.41 Å². The van der Waals surface area contributed by atoms with Gasteiger partial charge in [0.15, 0.2) is 0 Å². The molecule has 4 heteroatoms. The highest BCUT2D eigenvalue weighted by Gasteiger charge is 2.23. The normalized spacial score (nSPS) is 23.1. The van der Waals surface area contributed by atoms with Crippen LogP contribution in [0.4, 0.5) is 0 Å². The molecule has 0 aliphatic carbocycles. The van der Waals surface area contributed by atoms with Crippen molar-refractivity contribution >= 4 is 5.91 Å². The summed E-state index contributed by atoms with van der Waals surface area (Å²) in [7, 11) is 0. The summed E-state index contributed by atoms with van der Waals surface area (Å²) in [5.74, 6) is 0.0189. The molecular formula is C12H24N2O2. The lowest BCUT2D eigenvalue weighted by Crippen LogP contribution is -2.43. The van der Waals surface area contributed by atoms with Gasteiger partial charge >= 0.3 is 0 Å². The van der Waals surface area contributed by atoms with Crippen molar-refractivity contribution in [3.05, 3.63) is 0 Å². The molecule has 1 amide bonds. The van der Waals surface area contributed by atoms with Crippen LogP contribution in [0.15, 0.2) is 0 Å². The molecule has 1 aliphatic heterocycles. The minimum Gasteiger partial charge on any atom is -0.391 e. The Hall–Kier alpha value is -0.610. The van der Waals surface area contributed by atoms with E-state index in [0.717, 1.165) is 19.4 Å². The van der Waals surface area contributed by atoms with Gasteiger partial charge in [0, 0.05) is 6.54 Å². The number of amides is 1. The quantitative estimate of drug-likeness (QED) is 0.662. The fraction of sp³-hybridized carbons (Fsp3) is 0.917. The minimum atomic E-state index is -0.453. The maximum Gasteiger partial charge on any atom is 0.237 e. The second kappa shape index (κ2) is 5.64. The van der Waals surface area contributed by atoms with Crippen LogP contribution in [0.2, 0.25) is 0 Å². The van der Waals surface area contributed by atoms with Gasteiger partial charge in [-0.3, -0.25) is 4.79 Å². The molecule has 0 aromatic rings. The van der Waals surface area contributed by atoms with E-state index in [1.54, 1.807) is 0 Å². The number of aliphatic hydroxyl groups is 1. The number of rotatable bonds is 4. The van der Waals surface area contributed by atoms with Crippen molar-refractivity contribution < 1.29 is 9.90 Å². The highest BCUT2D eigenvalue weighted by molar-refractivity contribution is 5.81. The van der Waals surface area contributed by atoms with E-state index >= 15 is 0 Å². The Morgan fingerprint density at radius 1 is 1.56 bits per heavy atom. The molecule has 1 aliphatic rings. The van der Waals surface area contributed by atoms with Crippen LogP contribution in [-0.2, 0) is 4.79 Å². The van der Waals surface area contributed by atoms with Crippen LogP contribution in [0.3, 0.4) is 0 Å². The lowest BCUT2D eigenvalue weighted by molar-refractivity contribution is -0.123. The molecule has 0 bridgehead atoms. The third kappa shape index (κ3) is 4.94. The third-order valence-electron chi connectivity index (χ3n) is 2.74. The van der Waals surface area contributed by atoms with Crippen molar-refractivity contribution in [2.75, 3.05) is 13.1 Å². The van der Waals surface area contributed by atoms with Crippen molar-refractivity contribution in [2.45, 2.75) is 52.2 Å². The predicted octanol–water partition coefficient (Wildman–Crippen LogP) is 0.652. The van der Waals surface area contributed by atoms with Crippen LogP contribution in [-0.4, -0.2) is 36.2 Å². The maximum absolute atomic E-state index is 11.6. The summed E-state index contributed by atoms with van der Waals surface area (Å²) in [4.78, 5) is 11.6. The van der Waals surface area contributed by atoms with Gasteiger partial charge in [0.05, 0.1) is 12.1 Å². The van der Waals surface area contributed by atoms with Gasteiger partial charge in [-0.15, -0.1) is 0 Å². The Morgan fingerprint density at radius 2 is 2.25 bits per heavy atom. The summed E-state index contributed by atoms with van der Waals surface area (Å²) in [5, 5.41) is 15.7. The predicted molar refractivity (Wildman–Crippen MR) is 64.1 cm³/mol. The minimum absolute atomic E-state index is 0.0189. The lowest BCUT2D eigenvalue weighted by Gasteiger charge is -2.23. The van der Waals surface area contributed by atoms with Gasteiger partial charge in [-0.1, -0.05) is 20.8 Å². The molecule has 0 spiro atoms. The van der Waals surface area contributed by atoms with Crippen molar-refractivity contribution in [1.29, 1.82) is 0 Å². The molecular weight excluding hydrogens is 204 g/mol. The number of hydrogen-bond acceptors (Lipinski definition) is 3. The number of carbonyl (C=O) groups excluding carboxylic acids is 1. The molecule has 2 unspecified atom stereocenters. The van der Waals surface area contributed by atoms with E-state index < -0.39 is 6.10 Å². The number of nitrogens with one attached hydrogen (secondary N) is 2. The second-order valence-electron chi connectivity index (χ2n) is 5.81. The zero-order chi connectivity index (χ0) is 12.2. The molecule has 1 heterocycles. The first-order valence-corrected chi connectivity index (χ1v) is 6.08. The van der Waals surface area contributed by atoms with Gasteiger partial charge in [0.2, 0.25) is 5.91 Å². The van der Waals surface area contributed by atoms with Crippen LogP contribution in [0.1, 0.15) is 40.0 Å². The van der Waals surface area contributed by atoms with Crippen LogP contribution >= 0.6 is 0 Å². The molecule has 0 radical (unpaired) electrons. The van der Waals surface area contributed by atoms with Gasteiger partial charge in [0.25, 0.3) is 0 Å². The van der Waals surface area contributed by atoms with E-state index in [1.165, 1.54) is 0 Å². The van der Waals surface area contributed by atoms with E-state index in [1.807, 2.05) is 0 Å². The molecule has 4 nitrogen and oxygen atoms in total. The molecule has 0 aromatic heterocycles. The molecule has 0 aromatic carbocycles. The smallest absolute Gasteiger partial charge is 0.237 e. The zero-order valence-corrected chi connectivity index (χ0v) is 10.5. The Bertz CT molecular complexity index is 230. The first-order valence-electron chi connectivity index (χ1n) is 6.08. The average Bonchev–Trinajstić information content (AvgIpc) is 2.64. The zero-order valence-electron chi connectivity index (χ0n) is 10.5. The first kappa shape index (κ1) is 13.5. The number of carbonyl (C=O) groups is 1. The van der Waals surface area contributed by atoms with E-state index in [0.29, 0.717) is 13.0 Å². The summed E-state index contributed by atoms with van der Waals surface area (Å²) >= 11 is 0. The van der Waals surface area contributed by atoms with Crippen LogP contribution in [0.5, 0.6) is 0 Å². The van der Waals surface area contributed by atoms with E-state index in [2.05, 4.69) is 31.4 Å². The number of hydrogen-bond donors (Lipinski definition) is 3. The van der Waals surface area contributed by atoms with Gasteiger partial charge in [-0.2, -0.15) is 0 Å². The summed E-state index contributed by atoms with van der Waals surface area (Å²) in [6, 6.07) is -0.0539. The maximum atomic E-state index is 11.6. The monoisotopic (exact) mass is 228 g/mol. The molecule has 2 atom stereocenters. The molecule has 94 valence electrons. The van der Waals surface area contributed by atoms with E-state index in [4.69, 9.17) is 0 Å². The molecule has 1 rings (SSSR count). The van der Waals surface area contributed by atoms with Crippen molar-refractivity contribution in [3.8, 4) is 0 Å². The molecule has 16 heavy (non-hydrogen) atoms. The van der Waals surface area contributed by atoms with Crippen molar-refractivity contribution in [1.82, 2.24) is 10.6 Å². The fourth-order valence-corrected chi connectivity index (χ4v) is 2.03. The van der Waals surface area contributed by atoms with Gasteiger partial charge in [-0.05, 0) is 31.2 Å². The first-order chi connectivity index (χ1) is 7.38. The van der Waals surface area contributed by atoms with Crippen molar-refractivity contribution in [3.63, 3.8) is 0 Å². The van der Waals surface area contributed by atoms with Crippen LogP contribution in [0.25, 0.3) is 0 Å². The highest BCUT2D eigenvalue weighted by atomic mass is 16.3. The summed E-state index contributed by atoms with van der Waals surface area (Å²) in [6.07, 6.45) is 2.21.